The molecule has 0 unspecified atom stereocenters. The Balaban J connectivity index is 1.79. The number of rotatable bonds is 3. The van der Waals surface area contributed by atoms with Gasteiger partial charge in [-0.3, -0.25) is 0 Å². The molecule has 1 saturated heterocycles. The van der Waals surface area contributed by atoms with Crippen molar-refractivity contribution >= 4 is 17.0 Å². The monoisotopic (exact) mass is 320 g/mol. The Bertz CT molecular complexity index is 829. The van der Waals surface area contributed by atoms with Crippen LogP contribution in [0.4, 0.5) is 5.95 Å². The molecular weight excluding hydrogens is 296 g/mol. The topological polar surface area (TPSA) is 24.3 Å². The van der Waals surface area contributed by atoms with Crippen molar-refractivity contribution in [2.45, 2.75) is 13.5 Å². The second kappa shape index (κ2) is 6.29. The third-order valence-electron chi connectivity index (χ3n) is 4.93. The smallest absolute Gasteiger partial charge is 0.206 e. The number of aryl methyl sites for hydroxylation is 1. The number of nitrogens with zero attached hydrogens (tertiary/aromatic N) is 4. The van der Waals surface area contributed by atoms with Crippen LogP contribution in [0.15, 0.2) is 48.5 Å². The molecule has 4 rings (SSSR count). The molecular formula is C20H24N4. The quantitative estimate of drug-likeness (QED) is 0.741. The SMILES string of the molecule is Cc1cccc2c1nc(N1CCN(C)CC1)n2Cc1ccccc1. The number of anilines is 1. The van der Waals surface area contributed by atoms with Crippen LogP contribution < -0.4 is 4.90 Å². The van der Waals surface area contributed by atoms with Crippen LogP contribution in [0.1, 0.15) is 11.1 Å². The number of piperazine rings is 1. The van der Waals surface area contributed by atoms with Crippen LogP contribution in [0, 0.1) is 6.92 Å². The van der Waals surface area contributed by atoms with E-state index >= 15 is 0 Å². The van der Waals surface area contributed by atoms with Crippen molar-refractivity contribution < 1.29 is 0 Å². The number of aromatic nitrogens is 2. The van der Waals surface area contributed by atoms with Gasteiger partial charge in [-0.25, -0.2) is 4.98 Å². The Hall–Kier alpha value is -2.33. The standard InChI is InChI=1S/C20H24N4/c1-16-7-6-10-18-19(16)21-20(23-13-11-22(2)12-14-23)24(18)15-17-8-4-3-5-9-17/h3-10H,11-15H2,1-2H3. The first-order chi connectivity index (χ1) is 11.7. The van der Waals surface area contributed by atoms with Gasteiger partial charge in [0.2, 0.25) is 5.95 Å². The summed E-state index contributed by atoms with van der Waals surface area (Å²) in [6, 6.07) is 17.1. The fourth-order valence-electron chi connectivity index (χ4n) is 3.44. The van der Waals surface area contributed by atoms with Crippen LogP contribution in [0.5, 0.6) is 0 Å². The molecule has 0 bridgehead atoms. The normalized spacial score (nSPS) is 16.0. The van der Waals surface area contributed by atoms with E-state index in [4.69, 9.17) is 4.98 Å². The summed E-state index contributed by atoms with van der Waals surface area (Å²) < 4.78 is 2.38. The van der Waals surface area contributed by atoms with Crippen molar-refractivity contribution in [3.05, 3.63) is 59.7 Å². The van der Waals surface area contributed by atoms with E-state index in [-0.39, 0.29) is 0 Å². The summed E-state index contributed by atoms with van der Waals surface area (Å²) in [6.45, 7) is 7.26. The van der Waals surface area contributed by atoms with Crippen molar-refractivity contribution in [1.82, 2.24) is 14.5 Å². The van der Waals surface area contributed by atoms with Crippen molar-refractivity contribution in [2.24, 2.45) is 0 Å². The third kappa shape index (κ3) is 2.78. The minimum absolute atomic E-state index is 0.864. The van der Waals surface area contributed by atoms with Gasteiger partial charge in [0.05, 0.1) is 17.6 Å². The lowest BCUT2D eigenvalue weighted by Gasteiger charge is -2.33. The van der Waals surface area contributed by atoms with Gasteiger partial charge >= 0.3 is 0 Å². The zero-order valence-electron chi connectivity index (χ0n) is 14.4. The van der Waals surface area contributed by atoms with Crippen LogP contribution in [0.2, 0.25) is 0 Å². The molecule has 1 aliphatic rings. The van der Waals surface area contributed by atoms with Crippen LogP contribution >= 0.6 is 0 Å². The fourth-order valence-corrected chi connectivity index (χ4v) is 3.44. The van der Waals surface area contributed by atoms with Gasteiger partial charge in [0.15, 0.2) is 0 Å². The molecule has 124 valence electrons. The molecule has 4 nitrogen and oxygen atoms in total. The first-order valence-electron chi connectivity index (χ1n) is 8.65. The maximum absolute atomic E-state index is 5.03. The van der Waals surface area contributed by atoms with Gasteiger partial charge in [-0.15, -0.1) is 0 Å². The number of benzene rings is 2. The number of hydrogen-bond donors (Lipinski definition) is 0. The highest BCUT2D eigenvalue weighted by atomic mass is 15.3. The second-order valence-electron chi connectivity index (χ2n) is 6.72. The Morgan fingerprint density at radius 2 is 1.67 bits per heavy atom. The van der Waals surface area contributed by atoms with E-state index in [2.05, 4.69) is 76.9 Å². The van der Waals surface area contributed by atoms with Crippen molar-refractivity contribution in [2.75, 3.05) is 38.1 Å². The summed E-state index contributed by atoms with van der Waals surface area (Å²) in [5.41, 5.74) is 4.92. The summed E-state index contributed by atoms with van der Waals surface area (Å²) >= 11 is 0. The molecule has 1 aliphatic heterocycles. The summed E-state index contributed by atoms with van der Waals surface area (Å²) in [7, 11) is 2.19. The fraction of sp³-hybridized carbons (Fsp3) is 0.350. The highest BCUT2D eigenvalue weighted by molar-refractivity contribution is 5.82. The van der Waals surface area contributed by atoms with E-state index in [1.54, 1.807) is 0 Å². The summed E-state index contributed by atoms with van der Waals surface area (Å²) in [5, 5.41) is 0. The van der Waals surface area contributed by atoms with Gasteiger partial charge in [-0.05, 0) is 31.2 Å². The number of likely N-dealkylation sites (N-methyl/N-ethyl adjacent to an activating group) is 1. The lowest BCUT2D eigenvalue weighted by Crippen LogP contribution is -2.45. The Morgan fingerprint density at radius 1 is 0.917 bits per heavy atom. The molecule has 0 spiro atoms. The minimum Gasteiger partial charge on any atom is -0.340 e. The second-order valence-corrected chi connectivity index (χ2v) is 6.72. The number of fused-ring (bicyclic) bond motifs is 1. The summed E-state index contributed by atoms with van der Waals surface area (Å²) in [4.78, 5) is 9.84. The first-order valence-corrected chi connectivity index (χ1v) is 8.65. The average Bonchev–Trinajstić information content (AvgIpc) is 2.97. The molecule has 2 aromatic carbocycles. The first kappa shape index (κ1) is 15.2. The zero-order chi connectivity index (χ0) is 16.5. The number of hydrogen-bond acceptors (Lipinski definition) is 3. The molecule has 0 saturated carbocycles. The molecule has 0 aliphatic carbocycles. The maximum atomic E-state index is 5.03. The molecule has 4 heteroatoms. The lowest BCUT2D eigenvalue weighted by molar-refractivity contribution is 0.310. The molecule has 1 fully saturated rings. The Kier molecular flexibility index (Phi) is 3.98. The van der Waals surface area contributed by atoms with Crippen molar-refractivity contribution in [3.63, 3.8) is 0 Å². The van der Waals surface area contributed by atoms with Gasteiger partial charge in [-0.1, -0.05) is 42.5 Å². The summed E-state index contributed by atoms with van der Waals surface area (Å²) in [6.07, 6.45) is 0. The highest BCUT2D eigenvalue weighted by Crippen LogP contribution is 2.26. The molecule has 2 heterocycles. The molecule has 0 radical (unpaired) electrons. The molecule has 3 aromatic rings. The van der Waals surface area contributed by atoms with Crippen molar-refractivity contribution in [3.8, 4) is 0 Å². The Labute approximate surface area is 143 Å². The van der Waals surface area contributed by atoms with E-state index in [9.17, 15) is 0 Å². The predicted molar refractivity (Wildman–Crippen MR) is 99.7 cm³/mol. The van der Waals surface area contributed by atoms with Crippen LogP contribution in [0.3, 0.4) is 0 Å². The predicted octanol–water partition coefficient (Wildman–Crippen LogP) is 3.14. The van der Waals surface area contributed by atoms with E-state index in [0.29, 0.717) is 0 Å². The molecule has 0 amide bonds. The van der Waals surface area contributed by atoms with E-state index in [1.165, 1.54) is 16.6 Å². The van der Waals surface area contributed by atoms with Gasteiger partial charge in [0.25, 0.3) is 0 Å². The third-order valence-corrected chi connectivity index (χ3v) is 4.93. The lowest BCUT2D eigenvalue weighted by atomic mass is 10.2. The number of para-hydroxylation sites is 1. The van der Waals surface area contributed by atoms with E-state index in [0.717, 1.165) is 44.2 Å². The van der Waals surface area contributed by atoms with E-state index in [1.807, 2.05) is 0 Å². The van der Waals surface area contributed by atoms with Crippen molar-refractivity contribution in [1.29, 1.82) is 0 Å². The maximum Gasteiger partial charge on any atom is 0.206 e. The minimum atomic E-state index is 0.864. The Morgan fingerprint density at radius 3 is 2.42 bits per heavy atom. The van der Waals surface area contributed by atoms with Gasteiger partial charge in [-0.2, -0.15) is 0 Å². The van der Waals surface area contributed by atoms with Crippen LogP contribution in [0.25, 0.3) is 11.0 Å². The molecule has 0 atom stereocenters. The van der Waals surface area contributed by atoms with Crippen LogP contribution in [-0.2, 0) is 6.54 Å². The highest BCUT2D eigenvalue weighted by Gasteiger charge is 2.21. The van der Waals surface area contributed by atoms with Gasteiger partial charge < -0.3 is 14.4 Å². The summed E-state index contributed by atoms with van der Waals surface area (Å²) in [5.74, 6) is 1.11. The zero-order valence-corrected chi connectivity index (χ0v) is 14.4. The number of imidazole rings is 1. The van der Waals surface area contributed by atoms with Crippen LogP contribution in [-0.4, -0.2) is 47.7 Å². The average molecular weight is 320 g/mol. The van der Waals surface area contributed by atoms with Gasteiger partial charge in [0.1, 0.15) is 0 Å². The molecule has 24 heavy (non-hydrogen) atoms. The largest absolute Gasteiger partial charge is 0.340 e. The van der Waals surface area contributed by atoms with E-state index < -0.39 is 0 Å². The van der Waals surface area contributed by atoms with Gasteiger partial charge in [0, 0.05) is 26.2 Å². The molecule has 1 aromatic heterocycles. The molecule has 0 N–H and O–H groups in total.